The largest absolute Gasteiger partial charge is 0.360 e. The normalized spacial score (nSPS) is 16.6. The van der Waals surface area contributed by atoms with Crippen molar-refractivity contribution in [2.24, 2.45) is 5.92 Å². The van der Waals surface area contributed by atoms with Crippen LogP contribution in [0.4, 0.5) is 5.13 Å². The molecule has 5 nitrogen and oxygen atoms in total. The van der Waals surface area contributed by atoms with E-state index in [0.717, 1.165) is 18.1 Å². The zero-order chi connectivity index (χ0) is 12.3. The standard InChI is InChI=1S/C11H18N4OS/c1-3-6-12-11-15-14-10(17-11)9(16)13-7(2)8-4-5-8/h7-8H,3-6H2,1-2H3,(H,12,15)(H,13,16). The van der Waals surface area contributed by atoms with Gasteiger partial charge in [0.25, 0.3) is 5.91 Å². The molecule has 1 aromatic heterocycles. The molecule has 1 amide bonds. The molecule has 1 aromatic rings. The number of nitrogens with one attached hydrogen (secondary N) is 2. The zero-order valence-corrected chi connectivity index (χ0v) is 11.0. The Bertz CT molecular complexity index is 389. The molecule has 0 radical (unpaired) electrons. The molecular formula is C11H18N4OS. The number of hydrogen-bond acceptors (Lipinski definition) is 5. The van der Waals surface area contributed by atoms with Crippen molar-refractivity contribution in [1.29, 1.82) is 0 Å². The van der Waals surface area contributed by atoms with E-state index in [2.05, 4.69) is 27.8 Å². The quantitative estimate of drug-likeness (QED) is 0.813. The number of carbonyl (C=O) groups excluding carboxylic acids is 1. The van der Waals surface area contributed by atoms with E-state index in [-0.39, 0.29) is 11.9 Å². The Hall–Kier alpha value is -1.17. The van der Waals surface area contributed by atoms with E-state index in [9.17, 15) is 4.79 Å². The molecule has 1 atom stereocenters. The van der Waals surface area contributed by atoms with Crippen LogP contribution in [0.3, 0.4) is 0 Å². The second-order valence-electron chi connectivity index (χ2n) is 4.44. The predicted octanol–water partition coefficient (Wildman–Crippen LogP) is 1.89. The van der Waals surface area contributed by atoms with Gasteiger partial charge in [0.1, 0.15) is 0 Å². The van der Waals surface area contributed by atoms with Gasteiger partial charge in [-0.15, -0.1) is 10.2 Å². The van der Waals surface area contributed by atoms with Gasteiger partial charge in [0.05, 0.1) is 0 Å². The van der Waals surface area contributed by atoms with E-state index in [1.165, 1.54) is 24.2 Å². The lowest BCUT2D eigenvalue weighted by molar-refractivity contribution is 0.0934. The van der Waals surface area contributed by atoms with Gasteiger partial charge >= 0.3 is 0 Å². The topological polar surface area (TPSA) is 66.9 Å². The monoisotopic (exact) mass is 254 g/mol. The average molecular weight is 254 g/mol. The van der Waals surface area contributed by atoms with E-state index in [1.807, 2.05) is 6.92 Å². The lowest BCUT2D eigenvalue weighted by Gasteiger charge is -2.10. The minimum atomic E-state index is -0.105. The molecule has 2 N–H and O–H groups in total. The summed E-state index contributed by atoms with van der Waals surface area (Å²) in [6.45, 7) is 4.99. The molecule has 0 bridgehead atoms. The Kier molecular flexibility index (Phi) is 3.93. The minimum absolute atomic E-state index is 0.105. The van der Waals surface area contributed by atoms with Crippen molar-refractivity contribution in [1.82, 2.24) is 15.5 Å². The maximum absolute atomic E-state index is 11.8. The SMILES string of the molecule is CCCNc1nnc(C(=O)NC(C)C2CC2)s1. The number of nitrogens with zero attached hydrogens (tertiary/aromatic N) is 2. The van der Waals surface area contributed by atoms with Gasteiger partial charge in [-0.25, -0.2) is 0 Å². The molecule has 0 aromatic carbocycles. The highest BCUT2D eigenvalue weighted by atomic mass is 32.1. The molecule has 1 aliphatic rings. The molecule has 6 heteroatoms. The van der Waals surface area contributed by atoms with E-state index in [4.69, 9.17) is 0 Å². The maximum Gasteiger partial charge on any atom is 0.282 e. The molecule has 17 heavy (non-hydrogen) atoms. The first kappa shape index (κ1) is 12.3. The molecule has 1 aliphatic carbocycles. The second-order valence-corrected chi connectivity index (χ2v) is 5.42. The summed E-state index contributed by atoms with van der Waals surface area (Å²) >= 11 is 1.31. The molecule has 1 fully saturated rings. The third-order valence-corrected chi connectivity index (χ3v) is 3.71. The number of rotatable bonds is 6. The summed E-state index contributed by atoms with van der Waals surface area (Å²) in [6, 6.07) is 0.249. The zero-order valence-electron chi connectivity index (χ0n) is 10.2. The summed E-state index contributed by atoms with van der Waals surface area (Å²) in [5, 5.41) is 15.1. The molecule has 1 unspecified atom stereocenters. The van der Waals surface area contributed by atoms with Gasteiger partial charge in [0.15, 0.2) is 0 Å². The van der Waals surface area contributed by atoms with Crippen LogP contribution in [0.1, 0.15) is 42.9 Å². The number of amides is 1. The van der Waals surface area contributed by atoms with Crippen LogP contribution in [-0.4, -0.2) is 28.7 Å². The van der Waals surface area contributed by atoms with Crippen molar-refractivity contribution < 1.29 is 4.79 Å². The Morgan fingerprint density at radius 2 is 2.29 bits per heavy atom. The van der Waals surface area contributed by atoms with Crippen LogP contribution >= 0.6 is 11.3 Å². The molecule has 2 rings (SSSR count). The van der Waals surface area contributed by atoms with Crippen molar-refractivity contribution in [3.8, 4) is 0 Å². The molecule has 0 aliphatic heterocycles. The lowest BCUT2D eigenvalue weighted by Crippen LogP contribution is -2.33. The van der Waals surface area contributed by atoms with Crippen molar-refractivity contribution in [2.45, 2.75) is 39.2 Å². The third kappa shape index (κ3) is 3.39. The average Bonchev–Trinajstić information content (AvgIpc) is 3.06. The number of aromatic nitrogens is 2. The van der Waals surface area contributed by atoms with Crippen LogP contribution in [0.5, 0.6) is 0 Å². The fourth-order valence-electron chi connectivity index (χ4n) is 1.60. The number of carbonyl (C=O) groups is 1. The smallest absolute Gasteiger partial charge is 0.282 e. The summed E-state index contributed by atoms with van der Waals surface area (Å²) in [7, 11) is 0. The van der Waals surface area contributed by atoms with Crippen molar-refractivity contribution in [2.75, 3.05) is 11.9 Å². The highest BCUT2D eigenvalue weighted by Gasteiger charge is 2.29. The number of anilines is 1. The molecule has 94 valence electrons. The lowest BCUT2D eigenvalue weighted by atomic mass is 10.2. The number of hydrogen-bond donors (Lipinski definition) is 2. The van der Waals surface area contributed by atoms with E-state index >= 15 is 0 Å². The van der Waals surface area contributed by atoms with Gasteiger partial charge in [-0.05, 0) is 32.1 Å². The third-order valence-electron chi connectivity index (χ3n) is 2.83. The molecule has 0 spiro atoms. The van der Waals surface area contributed by atoms with Gasteiger partial charge in [0.2, 0.25) is 10.1 Å². The highest BCUT2D eigenvalue weighted by molar-refractivity contribution is 7.17. The first-order valence-corrected chi connectivity index (χ1v) is 6.90. The van der Waals surface area contributed by atoms with E-state index in [1.54, 1.807) is 0 Å². The van der Waals surface area contributed by atoms with Crippen LogP contribution in [0.2, 0.25) is 0 Å². The fraction of sp³-hybridized carbons (Fsp3) is 0.727. The molecule has 1 saturated carbocycles. The molecule has 0 saturated heterocycles. The van der Waals surface area contributed by atoms with Gasteiger partial charge in [0, 0.05) is 12.6 Å². The van der Waals surface area contributed by atoms with Crippen LogP contribution in [0.25, 0.3) is 0 Å². The highest BCUT2D eigenvalue weighted by Crippen LogP contribution is 2.32. The van der Waals surface area contributed by atoms with Gasteiger partial charge < -0.3 is 10.6 Å². The summed E-state index contributed by atoms with van der Waals surface area (Å²) < 4.78 is 0. The van der Waals surface area contributed by atoms with Crippen LogP contribution in [-0.2, 0) is 0 Å². The van der Waals surface area contributed by atoms with Crippen molar-refractivity contribution >= 4 is 22.4 Å². The first-order valence-electron chi connectivity index (χ1n) is 6.09. The summed E-state index contributed by atoms with van der Waals surface area (Å²) in [5.74, 6) is 0.552. The Morgan fingerprint density at radius 3 is 2.94 bits per heavy atom. The van der Waals surface area contributed by atoms with Gasteiger partial charge in [-0.1, -0.05) is 18.3 Å². The Balaban J connectivity index is 1.87. The van der Waals surface area contributed by atoms with Crippen LogP contribution in [0.15, 0.2) is 0 Å². The van der Waals surface area contributed by atoms with Crippen LogP contribution < -0.4 is 10.6 Å². The van der Waals surface area contributed by atoms with E-state index in [0.29, 0.717) is 10.9 Å². The minimum Gasteiger partial charge on any atom is -0.360 e. The van der Waals surface area contributed by atoms with Crippen molar-refractivity contribution in [3.63, 3.8) is 0 Å². The maximum atomic E-state index is 11.8. The summed E-state index contributed by atoms with van der Waals surface area (Å²) in [4.78, 5) is 11.8. The van der Waals surface area contributed by atoms with Gasteiger partial charge in [-0.2, -0.15) is 0 Å². The summed E-state index contributed by atoms with van der Waals surface area (Å²) in [5.41, 5.74) is 0. The van der Waals surface area contributed by atoms with E-state index < -0.39 is 0 Å². The predicted molar refractivity (Wildman–Crippen MR) is 68.3 cm³/mol. The fourth-order valence-corrected chi connectivity index (χ4v) is 2.27. The van der Waals surface area contributed by atoms with Crippen LogP contribution in [0, 0.1) is 5.92 Å². The summed E-state index contributed by atoms with van der Waals surface area (Å²) in [6.07, 6.45) is 3.47. The Labute approximate surface area is 105 Å². The molecular weight excluding hydrogens is 236 g/mol. The Morgan fingerprint density at radius 1 is 1.53 bits per heavy atom. The van der Waals surface area contributed by atoms with Gasteiger partial charge in [-0.3, -0.25) is 4.79 Å². The molecule has 1 heterocycles. The second kappa shape index (κ2) is 5.44. The van der Waals surface area contributed by atoms with Crippen molar-refractivity contribution in [3.05, 3.63) is 5.01 Å². The first-order chi connectivity index (χ1) is 8.20.